The summed E-state index contributed by atoms with van der Waals surface area (Å²) in [5.74, 6) is 0.999. The van der Waals surface area contributed by atoms with Crippen LogP contribution in [0.25, 0.3) is 0 Å². The highest BCUT2D eigenvalue weighted by Crippen LogP contribution is 2.58. The Morgan fingerprint density at radius 2 is 1.69 bits per heavy atom. The van der Waals surface area contributed by atoms with Crippen LogP contribution in [-0.2, 0) is 5.54 Å². The second-order valence-electron chi connectivity index (χ2n) is 10.2. The molecule has 1 atom stereocenters. The normalized spacial score (nSPS) is 16.8. The van der Waals surface area contributed by atoms with Gasteiger partial charge >= 0.3 is 0 Å². The van der Waals surface area contributed by atoms with Gasteiger partial charge in [0.1, 0.15) is 17.0 Å². The van der Waals surface area contributed by atoms with Crippen LogP contribution >= 0.6 is 0 Å². The number of aliphatic imine (C=N–C) groups is 1. The number of hydrogen-bond acceptors (Lipinski definition) is 7. The summed E-state index contributed by atoms with van der Waals surface area (Å²) in [5.41, 5.74) is 12.1. The zero-order chi connectivity index (χ0) is 29.4. The number of nitriles is 1. The third-order valence-electron chi connectivity index (χ3n) is 7.93. The first kappa shape index (κ1) is 26.8. The lowest BCUT2D eigenvalue weighted by Gasteiger charge is -2.42. The van der Waals surface area contributed by atoms with E-state index in [2.05, 4.69) is 48.9 Å². The summed E-state index contributed by atoms with van der Waals surface area (Å²) in [6.45, 7) is 8.04. The molecule has 4 aromatic carbocycles. The van der Waals surface area contributed by atoms with E-state index in [1.165, 1.54) is 11.2 Å². The molecule has 0 radical (unpaired) electrons. The molecule has 4 aromatic rings. The molecule has 1 unspecified atom stereocenters. The van der Waals surface area contributed by atoms with Crippen molar-refractivity contribution in [1.29, 1.82) is 5.26 Å². The molecular formula is C34H30N6O2. The van der Waals surface area contributed by atoms with Gasteiger partial charge in [-0.15, -0.1) is 0 Å². The van der Waals surface area contributed by atoms with Gasteiger partial charge in [-0.05, 0) is 68.8 Å². The molecule has 0 bridgehead atoms. The van der Waals surface area contributed by atoms with Gasteiger partial charge in [0.2, 0.25) is 0 Å². The van der Waals surface area contributed by atoms with E-state index >= 15 is 0 Å². The lowest BCUT2D eigenvalue weighted by atomic mass is 9.74. The van der Waals surface area contributed by atoms with Crippen LogP contribution in [0.5, 0.6) is 11.5 Å². The summed E-state index contributed by atoms with van der Waals surface area (Å²) in [4.78, 5) is 20.8. The Labute approximate surface area is 245 Å². The number of hydrazone groups is 1. The largest absolute Gasteiger partial charge is 0.456 e. The van der Waals surface area contributed by atoms with E-state index in [0.29, 0.717) is 34.0 Å². The standard InChI is InChI=1S/C34H30N6O2/c1-4-39(5-2)30-20-32-29(18-22(30)3)34(28-15-12-24(36)19-31(28)42-32)27-9-7-6-8-26(27)33(41)40(34)38-17-16-37-25-13-10-23(21-35)11-14-25/h6-20H,4-5,36H2,1-3H3/b37-16?,38-17+. The van der Waals surface area contributed by atoms with E-state index in [1.807, 2.05) is 36.4 Å². The third kappa shape index (κ3) is 4.10. The van der Waals surface area contributed by atoms with Crippen LogP contribution in [0, 0.1) is 18.3 Å². The van der Waals surface area contributed by atoms with Crippen molar-refractivity contribution in [3.8, 4) is 17.6 Å². The maximum Gasteiger partial charge on any atom is 0.275 e. The van der Waals surface area contributed by atoms with Crippen LogP contribution < -0.4 is 15.4 Å². The Kier molecular flexibility index (Phi) is 6.71. The number of rotatable bonds is 6. The van der Waals surface area contributed by atoms with Crippen LogP contribution in [0.15, 0.2) is 89.0 Å². The minimum Gasteiger partial charge on any atom is -0.456 e. The van der Waals surface area contributed by atoms with Gasteiger partial charge in [-0.25, -0.2) is 5.01 Å². The average Bonchev–Trinajstić information content (AvgIpc) is 3.25. The molecule has 208 valence electrons. The zero-order valence-corrected chi connectivity index (χ0v) is 23.7. The number of fused-ring (bicyclic) bond motifs is 6. The SMILES string of the molecule is CCN(CC)c1cc2c(cc1C)C1(c3ccc(N)cc3O2)c2ccccc2C(=O)N1/N=C/C=Nc1ccc(C#N)cc1. The number of aryl methyl sites for hydroxylation is 1. The summed E-state index contributed by atoms with van der Waals surface area (Å²) in [7, 11) is 0. The molecule has 0 saturated heterocycles. The molecule has 1 amide bonds. The molecule has 6 rings (SSSR count). The monoisotopic (exact) mass is 554 g/mol. The number of carbonyl (C=O) groups excluding carboxylic acids is 1. The number of carbonyl (C=O) groups is 1. The number of nitrogens with two attached hydrogens (primary N) is 1. The van der Waals surface area contributed by atoms with Gasteiger partial charge in [0.15, 0.2) is 0 Å². The summed E-state index contributed by atoms with van der Waals surface area (Å²) in [6, 6.07) is 26.4. The minimum atomic E-state index is -1.09. The maximum absolute atomic E-state index is 14.1. The first-order chi connectivity index (χ1) is 20.4. The van der Waals surface area contributed by atoms with Crippen LogP contribution in [0.3, 0.4) is 0 Å². The Balaban J connectivity index is 1.56. The van der Waals surface area contributed by atoms with Gasteiger partial charge in [0.25, 0.3) is 5.91 Å². The smallest absolute Gasteiger partial charge is 0.275 e. The van der Waals surface area contributed by atoms with Gasteiger partial charge < -0.3 is 15.4 Å². The van der Waals surface area contributed by atoms with Crippen LogP contribution in [0.1, 0.15) is 52.0 Å². The second-order valence-corrected chi connectivity index (χ2v) is 10.2. The van der Waals surface area contributed by atoms with Gasteiger partial charge in [-0.1, -0.05) is 24.3 Å². The molecule has 8 nitrogen and oxygen atoms in total. The fourth-order valence-electron chi connectivity index (χ4n) is 6.00. The third-order valence-corrected chi connectivity index (χ3v) is 7.93. The van der Waals surface area contributed by atoms with E-state index in [-0.39, 0.29) is 5.91 Å². The molecule has 2 heterocycles. The lowest BCUT2D eigenvalue weighted by Crippen LogP contribution is -2.44. The van der Waals surface area contributed by atoms with Crippen molar-refractivity contribution in [2.45, 2.75) is 26.3 Å². The van der Waals surface area contributed by atoms with Crippen LogP contribution in [0.4, 0.5) is 17.1 Å². The minimum absolute atomic E-state index is 0.227. The number of nitrogens with zero attached hydrogens (tertiary/aromatic N) is 5. The van der Waals surface area contributed by atoms with Crippen molar-refractivity contribution in [1.82, 2.24) is 5.01 Å². The lowest BCUT2D eigenvalue weighted by molar-refractivity contribution is 0.0675. The fraction of sp³-hybridized carbons (Fsp3) is 0.176. The molecule has 2 aliphatic rings. The summed E-state index contributed by atoms with van der Waals surface area (Å²) >= 11 is 0. The van der Waals surface area contributed by atoms with E-state index in [9.17, 15) is 4.79 Å². The Morgan fingerprint density at radius 3 is 2.43 bits per heavy atom. The van der Waals surface area contributed by atoms with Gasteiger partial charge in [0, 0.05) is 65.1 Å². The van der Waals surface area contributed by atoms with Gasteiger partial charge in [-0.3, -0.25) is 9.79 Å². The first-order valence-electron chi connectivity index (χ1n) is 13.9. The Bertz CT molecular complexity index is 1800. The highest BCUT2D eigenvalue weighted by atomic mass is 16.5. The van der Waals surface area contributed by atoms with Crippen molar-refractivity contribution in [2.75, 3.05) is 23.7 Å². The molecular weight excluding hydrogens is 524 g/mol. The quantitative estimate of drug-likeness (QED) is 0.215. The molecule has 0 aromatic heterocycles. The van der Waals surface area contributed by atoms with Crippen molar-refractivity contribution in [3.05, 3.63) is 112 Å². The van der Waals surface area contributed by atoms with E-state index < -0.39 is 5.54 Å². The Morgan fingerprint density at radius 1 is 0.952 bits per heavy atom. The molecule has 42 heavy (non-hydrogen) atoms. The van der Waals surface area contributed by atoms with Crippen molar-refractivity contribution in [3.63, 3.8) is 0 Å². The maximum atomic E-state index is 14.1. The topological polar surface area (TPSA) is 107 Å². The molecule has 0 aliphatic carbocycles. The van der Waals surface area contributed by atoms with Crippen LogP contribution in [0.2, 0.25) is 0 Å². The molecule has 0 saturated carbocycles. The fourth-order valence-corrected chi connectivity index (χ4v) is 6.00. The van der Waals surface area contributed by atoms with E-state index in [1.54, 1.807) is 36.5 Å². The summed E-state index contributed by atoms with van der Waals surface area (Å²) < 4.78 is 6.54. The van der Waals surface area contributed by atoms with Gasteiger partial charge in [0.05, 0.1) is 23.5 Å². The molecule has 2 aliphatic heterocycles. The first-order valence-corrected chi connectivity index (χ1v) is 13.9. The number of nitrogen functional groups attached to an aromatic ring is 1. The van der Waals surface area contributed by atoms with Crippen molar-refractivity contribution >= 4 is 35.4 Å². The number of anilines is 2. The highest BCUT2D eigenvalue weighted by molar-refractivity contribution is 6.17. The molecule has 2 N–H and O–H groups in total. The van der Waals surface area contributed by atoms with E-state index in [4.69, 9.17) is 20.8 Å². The Hall–Kier alpha value is -5.42. The molecule has 1 spiro atoms. The number of benzene rings is 4. The predicted octanol–water partition coefficient (Wildman–Crippen LogP) is 6.54. The second kappa shape index (κ2) is 10.5. The highest BCUT2D eigenvalue weighted by Gasteiger charge is 2.57. The van der Waals surface area contributed by atoms with Crippen LogP contribution in [-0.4, -0.2) is 36.4 Å². The summed E-state index contributed by atoms with van der Waals surface area (Å²) in [6.07, 6.45) is 3.07. The summed E-state index contributed by atoms with van der Waals surface area (Å²) in [5, 5.41) is 15.3. The number of ether oxygens (including phenoxy) is 1. The number of amides is 1. The molecule has 0 fully saturated rings. The number of hydrogen-bond donors (Lipinski definition) is 1. The predicted molar refractivity (Wildman–Crippen MR) is 166 cm³/mol. The van der Waals surface area contributed by atoms with Gasteiger partial charge in [-0.2, -0.15) is 10.4 Å². The zero-order valence-electron chi connectivity index (χ0n) is 23.7. The van der Waals surface area contributed by atoms with Crippen molar-refractivity contribution < 1.29 is 9.53 Å². The van der Waals surface area contributed by atoms with E-state index in [0.717, 1.165) is 41.0 Å². The average molecular weight is 555 g/mol. The molecule has 8 heteroatoms. The van der Waals surface area contributed by atoms with Crippen molar-refractivity contribution in [2.24, 2.45) is 10.1 Å².